The van der Waals surface area contributed by atoms with Crippen molar-refractivity contribution in [2.45, 2.75) is 24.6 Å². The van der Waals surface area contributed by atoms with E-state index < -0.39 is 9.84 Å². The Bertz CT molecular complexity index is 1050. The van der Waals surface area contributed by atoms with Crippen LogP contribution in [0.5, 0.6) is 0 Å². The van der Waals surface area contributed by atoms with E-state index in [-0.39, 0.29) is 28.7 Å². The first kappa shape index (κ1) is 20.0. The van der Waals surface area contributed by atoms with Crippen molar-refractivity contribution in [1.29, 1.82) is 0 Å². The Hall–Kier alpha value is -2.32. The molecule has 152 valence electrons. The van der Waals surface area contributed by atoms with Crippen molar-refractivity contribution >= 4 is 38.4 Å². The van der Waals surface area contributed by atoms with Crippen LogP contribution in [0.15, 0.2) is 53.5 Å². The van der Waals surface area contributed by atoms with Gasteiger partial charge < -0.3 is 10.6 Å². The molecule has 0 aromatic heterocycles. The standard InChI is InChI=1S/C21H23N3O3S2/c1-14-7-8-16(20(25)22-10-9-15-5-3-2-4-6-15)11-17(14)23-21-24-18-12-29(26,27)13-19(18)28-21/h2-8,11,18-19H,9-10,12-13H2,1H3,(H,22,25)(H,23,24). The third kappa shape index (κ3) is 4.82. The lowest BCUT2D eigenvalue weighted by Gasteiger charge is -2.12. The van der Waals surface area contributed by atoms with Crippen molar-refractivity contribution in [2.75, 3.05) is 23.4 Å². The molecule has 0 spiro atoms. The normalized spacial score (nSPS) is 22.0. The van der Waals surface area contributed by atoms with Crippen LogP contribution < -0.4 is 10.6 Å². The van der Waals surface area contributed by atoms with Crippen LogP contribution in [-0.2, 0) is 16.3 Å². The van der Waals surface area contributed by atoms with Crippen molar-refractivity contribution in [3.05, 3.63) is 65.2 Å². The fraction of sp³-hybridized carbons (Fsp3) is 0.333. The summed E-state index contributed by atoms with van der Waals surface area (Å²) in [6.07, 6.45) is 0.780. The summed E-state index contributed by atoms with van der Waals surface area (Å²) in [6.45, 7) is 2.53. The van der Waals surface area contributed by atoms with Crippen LogP contribution in [0.1, 0.15) is 21.5 Å². The lowest BCUT2D eigenvalue weighted by atomic mass is 10.1. The van der Waals surface area contributed by atoms with E-state index in [1.807, 2.05) is 55.5 Å². The molecule has 2 aliphatic rings. The third-order valence-electron chi connectivity index (χ3n) is 5.10. The number of rotatable bonds is 5. The number of amides is 1. The summed E-state index contributed by atoms with van der Waals surface area (Å²) in [5.41, 5.74) is 3.58. The molecule has 0 aliphatic carbocycles. The number of sulfone groups is 1. The third-order valence-corrected chi connectivity index (χ3v) is 8.24. The number of thioether (sulfide) groups is 1. The predicted octanol–water partition coefficient (Wildman–Crippen LogP) is 2.65. The highest BCUT2D eigenvalue weighted by molar-refractivity contribution is 8.15. The number of anilines is 1. The van der Waals surface area contributed by atoms with Crippen LogP contribution in [0.25, 0.3) is 0 Å². The first-order valence-electron chi connectivity index (χ1n) is 9.54. The van der Waals surface area contributed by atoms with Crippen molar-refractivity contribution in [3.8, 4) is 0 Å². The molecule has 1 amide bonds. The van der Waals surface area contributed by atoms with Gasteiger partial charge >= 0.3 is 0 Å². The number of aryl methyl sites for hydroxylation is 1. The summed E-state index contributed by atoms with van der Waals surface area (Å²) < 4.78 is 23.4. The van der Waals surface area contributed by atoms with Gasteiger partial charge in [0.1, 0.15) is 0 Å². The minimum absolute atomic E-state index is 0.00715. The second-order valence-electron chi connectivity index (χ2n) is 7.38. The van der Waals surface area contributed by atoms with E-state index in [2.05, 4.69) is 15.6 Å². The lowest BCUT2D eigenvalue weighted by Crippen LogP contribution is -2.25. The van der Waals surface area contributed by atoms with Gasteiger partial charge in [-0.2, -0.15) is 0 Å². The maximum atomic E-state index is 12.5. The average Bonchev–Trinajstić information content (AvgIpc) is 3.16. The fourth-order valence-corrected chi connectivity index (χ4v) is 7.16. The second kappa shape index (κ2) is 8.20. The second-order valence-corrected chi connectivity index (χ2v) is 10.8. The Morgan fingerprint density at radius 1 is 1.17 bits per heavy atom. The Labute approximate surface area is 175 Å². The number of nitrogens with one attached hydrogen (secondary N) is 2. The van der Waals surface area contributed by atoms with Crippen molar-refractivity contribution in [3.63, 3.8) is 0 Å². The summed E-state index contributed by atoms with van der Waals surface area (Å²) in [5.74, 6) is 0.186. The molecule has 2 unspecified atom stereocenters. The molecular formula is C21H23N3O3S2. The molecule has 0 radical (unpaired) electrons. The zero-order valence-electron chi connectivity index (χ0n) is 16.1. The molecule has 4 rings (SSSR count). The maximum Gasteiger partial charge on any atom is 0.251 e. The van der Waals surface area contributed by atoms with Crippen LogP contribution in [0.4, 0.5) is 5.69 Å². The van der Waals surface area contributed by atoms with Crippen LogP contribution >= 0.6 is 11.8 Å². The zero-order valence-corrected chi connectivity index (χ0v) is 17.7. The molecule has 2 aromatic rings. The minimum atomic E-state index is -2.97. The molecule has 2 atom stereocenters. The van der Waals surface area contributed by atoms with Gasteiger partial charge in [-0.1, -0.05) is 48.2 Å². The van der Waals surface area contributed by atoms with Gasteiger partial charge in [0.2, 0.25) is 0 Å². The van der Waals surface area contributed by atoms with Gasteiger partial charge in [-0.15, -0.1) is 0 Å². The molecule has 1 fully saturated rings. The highest BCUT2D eigenvalue weighted by atomic mass is 32.2. The maximum absolute atomic E-state index is 12.5. The quantitative estimate of drug-likeness (QED) is 0.763. The largest absolute Gasteiger partial charge is 0.352 e. The molecule has 2 aliphatic heterocycles. The van der Waals surface area contributed by atoms with Crippen molar-refractivity contribution in [1.82, 2.24) is 5.32 Å². The topological polar surface area (TPSA) is 87.6 Å². The molecule has 0 bridgehead atoms. The summed E-state index contributed by atoms with van der Waals surface area (Å²) in [5, 5.41) is 6.96. The van der Waals surface area contributed by atoms with Gasteiger partial charge in [0.15, 0.2) is 15.0 Å². The molecule has 1 saturated heterocycles. The van der Waals surface area contributed by atoms with E-state index in [0.717, 1.165) is 22.8 Å². The first-order valence-corrected chi connectivity index (χ1v) is 12.2. The average molecular weight is 430 g/mol. The zero-order chi connectivity index (χ0) is 20.4. The molecule has 29 heavy (non-hydrogen) atoms. The number of amidine groups is 1. The molecule has 6 nitrogen and oxygen atoms in total. The van der Waals surface area contributed by atoms with Crippen LogP contribution in [0.3, 0.4) is 0 Å². The van der Waals surface area contributed by atoms with Gasteiger partial charge in [-0.3, -0.25) is 9.79 Å². The molecule has 2 aromatic carbocycles. The van der Waals surface area contributed by atoms with Crippen molar-refractivity contribution < 1.29 is 13.2 Å². The van der Waals surface area contributed by atoms with E-state index in [0.29, 0.717) is 12.1 Å². The molecule has 8 heteroatoms. The Kier molecular flexibility index (Phi) is 5.65. The molecular weight excluding hydrogens is 406 g/mol. The monoisotopic (exact) mass is 429 g/mol. The number of fused-ring (bicyclic) bond motifs is 1. The highest BCUT2D eigenvalue weighted by Gasteiger charge is 2.42. The van der Waals surface area contributed by atoms with E-state index in [1.165, 1.54) is 17.3 Å². The number of hydrogen-bond donors (Lipinski definition) is 2. The van der Waals surface area contributed by atoms with E-state index in [1.54, 1.807) is 0 Å². The number of carbonyl (C=O) groups is 1. The highest BCUT2D eigenvalue weighted by Crippen LogP contribution is 2.35. The lowest BCUT2D eigenvalue weighted by molar-refractivity contribution is 0.0954. The van der Waals surface area contributed by atoms with Crippen LogP contribution in [0, 0.1) is 6.92 Å². The summed E-state index contributed by atoms with van der Waals surface area (Å²) in [4.78, 5) is 17.1. The summed E-state index contributed by atoms with van der Waals surface area (Å²) >= 11 is 1.47. The smallest absolute Gasteiger partial charge is 0.251 e. The van der Waals surface area contributed by atoms with E-state index in [4.69, 9.17) is 0 Å². The minimum Gasteiger partial charge on any atom is -0.352 e. The van der Waals surface area contributed by atoms with Gasteiger partial charge in [0.25, 0.3) is 5.91 Å². The number of aliphatic imine (C=N–C) groups is 1. The van der Waals surface area contributed by atoms with Gasteiger partial charge in [0, 0.05) is 23.0 Å². The molecule has 0 saturated carbocycles. The number of hydrogen-bond acceptors (Lipinski definition) is 6. The van der Waals surface area contributed by atoms with E-state index >= 15 is 0 Å². The fourth-order valence-electron chi connectivity index (χ4n) is 3.50. The first-order chi connectivity index (χ1) is 13.9. The predicted molar refractivity (Wildman–Crippen MR) is 119 cm³/mol. The van der Waals surface area contributed by atoms with Gasteiger partial charge in [0.05, 0.1) is 17.5 Å². The Balaban J connectivity index is 1.38. The number of nitrogens with zero attached hydrogens (tertiary/aromatic N) is 1. The Morgan fingerprint density at radius 2 is 1.97 bits per heavy atom. The van der Waals surface area contributed by atoms with Gasteiger partial charge in [-0.25, -0.2) is 8.42 Å². The van der Waals surface area contributed by atoms with Crippen molar-refractivity contribution in [2.24, 2.45) is 4.99 Å². The van der Waals surface area contributed by atoms with Crippen LogP contribution in [-0.4, -0.2) is 48.8 Å². The SMILES string of the molecule is Cc1ccc(C(=O)NCCc2ccccc2)cc1NC1=NC2CS(=O)(=O)CC2S1. The Morgan fingerprint density at radius 3 is 2.72 bits per heavy atom. The molecule has 2 N–H and O–H groups in total. The molecule has 2 heterocycles. The summed E-state index contributed by atoms with van der Waals surface area (Å²) in [6, 6.07) is 15.4. The van der Waals surface area contributed by atoms with E-state index in [9.17, 15) is 13.2 Å². The van der Waals surface area contributed by atoms with Crippen LogP contribution in [0.2, 0.25) is 0 Å². The van der Waals surface area contributed by atoms with Gasteiger partial charge in [-0.05, 0) is 36.6 Å². The summed E-state index contributed by atoms with van der Waals surface area (Å²) in [7, 11) is -2.97. The number of carbonyl (C=O) groups excluding carboxylic acids is 1. The number of benzene rings is 2.